The van der Waals surface area contributed by atoms with Crippen molar-refractivity contribution in [2.45, 2.75) is 89.8 Å². The molecule has 7 nitrogen and oxygen atoms in total. The molecule has 2 aliphatic heterocycles. The highest BCUT2D eigenvalue weighted by Crippen LogP contribution is 2.44. The van der Waals surface area contributed by atoms with Gasteiger partial charge in [0.15, 0.2) is 5.82 Å². The maximum atomic E-state index is 6.24. The number of hydrogen-bond acceptors (Lipinski definition) is 6. The molecule has 0 amide bonds. The van der Waals surface area contributed by atoms with Gasteiger partial charge in [0.25, 0.3) is 0 Å². The molecule has 3 heterocycles. The molecule has 32 heavy (non-hydrogen) atoms. The molecule has 2 fully saturated rings. The molecule has 0 unspecified atom stereocenters. The van der Waals surface area contributed by atoms with Crippen molar-refractivity contribution in [2.75, 3.05) is 13.1 Å². The van der Waals surface area contributed by atoms with Gasteiger partial charge in [-0.25, -0.2) is 0 Å². The Morgan fingerprint density at radius 2 is 1.91 bits per heavy atom. The van der Waals surface area contributed by atoms with E-state index in [1.54, 1.807) is 0 Å². The van der Waals surface area contributed by atoms with E-state index in [0.29, 0.717) is 30.6 Å². The average molecular weight is 479 g/mol. The Morgan fingerprint density at radius 3 is 2.69 bits per heavy atom. The van der Waals surface area contributed by atoms with Crippen LogP contribution in [0.25, 0.3) is 0 Å². The van der Waals surface area contributed by atoms with Crippen LogP contribution in [-0.4, -0.2) is 55.9 Å². The lowest BCUT2D eigenvalue weighted by atomic mass is 9.77. The summed E-state index contributed by atoms with van der Waals surface area (Å²) >= 11 is 11.0. The number of aryl methyl sites for hydroxylation is 1. The van der Waals surface area contributed by atoms with Crippen molar-refractivity contribution in [3.8, 4) is 0 Å². The number of thiocarbonyl (C=S) groups is 2. The van der Waals surface area contributed by atoms with Gasteiger partial charge < -0.3 is 15.4 Å². The summed E-state index contributed by atoms with van der Waals surface area (Å²) in [6.45, 7) is 3.75. The maximum Gasteiger partial charge on any atom is 0.174 e. The summed E-state index contributed by atoms with van der Waals surface area (Å²) in [5.74, 6) is 1.88. The van der Waals surface area contributed by atoms with Gasteiger partial charge in [0.05, 0.1) is 28.7 Å². The zero-order valence-corrected chi connectivity index (χ0v) is 20.9. The Hall–Kier alpha value is -1.45. The van der Waals surface area contributed by atoms with E-state index in [1.807, 2.05) is 0 Å². The number of rotatable bonds is 15. The summed E-state index contributed by atoms with van der Waals surface area (Å²) in [5.41, 5.74) is 0. The van der Waals surface area contributed by atoms with Gasteiger partial charge in [-0.3, -0.25) is 0 Å². The molecule has 0 aliphatic carbocycles. The van der Waals surface area contributed by atoms with E-state index in [4.69, 9.17) is 29.2 Å². The summed E-state index contributed by atoms with van der Waals surface area (Å²) in [6.07, 6.45) is 17.7. The lowest BCUT2D eigenvalue weighted by Gasteiger charge is -2.28. The SMILES string of the molecule is CCCCCCC(=S)NCC(=S)NC[C@H]1[C@H](C/C=C\CCCc2nn[nH]n2)[C@@H]2CC[C@@H]1O2. The van der Waals surface area contributed by atoms with Crippen molar-refractivity contribution < 1.29 is 4.74 Å². The van der Waals surface area contributed by atoms with Gasteiger partial charge in [-0.15, -0.1) is 10.2 Å². The van der Waals surface area contributed by atoms with Crippen molar-refractivity contribution in [3.05, 3.63) is 18.0 Å². The second-order valence-electron chi connectivity index (χ2n) is 8.94. The number of H-pyrrole nitrogens is 1. The third kappa shape index (κ3) is 8.15. The van der Waals surface area contributed by atoms with E-state index < -0.39 is 0 Å². The van der Waals surface area contributed by atoms with Crippen molar-refractivity contribution >= 4 is 34.4 Å². The van der Waals surface area contributed by atoms with Crippen molar-refractivity contribution in [1.82, 2.24) is 31.3 Å². The molecule has 2 saturated heterocycles. The topological polar surface area (TPSA) is 87.8 Å². The van der Waals surface area contributed by atoms with Gasteiger partial charge in [0.2, 0.25) is 0 Å². The van der Waals surface area contributed by atoms with Gasteiger partial charge in [-0.1, -0.05) is 68.0 Å². The highest BCUT2D eigenvalue weighted by molar-refractivity contribution is 7.80. The molecule has 178 valence electrons. The number of allylic oxidation sites excluding steroid dienone is 2. The molecule has 1 aromatic rings. The minimum Gasteiger partial charge on any atom is -0.378 e. The predicted octanol–water partition coefficient (Wildman–Crippen LogP) is 4.07. The number of aromatic amines is 1. The minimum absolute atomic E-state index is 0.375. The molecule has 2 aliphatic rings. The summed E-state index contributed by atoms with van der Waals surface area (Å²) in [6, 6.07) is 0. The number of tetrazole rings is 1. The highest BCUT2D eigenvalue weighted by atomic mass is 32.1. The van der Waals surface area contributed by atoms with Crippen LogP contribution >= 0.6 is 24.4 Å². The van der Waals surface area contributed by atoms with Crippen LogP contribution in [0.2, 0.25) is 0 Å². The van der Waals surface area contributed by atoms with Crippen LogP contribution in [0.15, 0.2) is 12.2 Å². The zero-order chi connectivity index (χ0) is 22.6. The number of hydrogen-bond donors (Lipinski definition) is 3. The number of nitrogens with one attached hydrogen (secondary N) is 3. The molecule has 3 rings (SSSR count). The van der Waals surface area contributed by atoms with Crippen LogP contribution in [0.5, 0.6) is 0 Å². The first-order valence-corrected chi connectivity index (χ1v) is 13.0. The van der Waals surface area contributed by atoms with Crippen LogP contribution < -0.4 is 10.6 Å². The molecule has 2 bridgehead atoms. The second kappa shape index (κ2) is 14.0. The van der Waals surface area contributed by atoms with Crippen LogP contribution in [0, 0.1) is 11.8 Å². The zero-order valence-electron chi connectivity index (χ0n) is 19.2. The fourth-order valence-electron chi connectivity index (χ4n) is 4.79. The Balaban J connectivity index is 1.32. The summed E-state index contributed by atoms with van der Waals surface area (Å²) in [4.78, 5) is 1.77. The van der Waals surface area contributed by atoms with E-state index in [2.05, 4.69) is 50.3 Å². The molecule has 0 saturated carbocycles. The van der Waals surface area contributed by atoms with E-state index >= 15 is 0 Å². The second-order valence-corrected chi connectivity index (χ2v) is 9.92. The van der Waals surface area contributed by atoms with E-state index in [1.165, 1.54) is 32.1 Å². The average Bonchev–Trinajstić information content (AvgIpc) is 3.54. The molecule has 0 radical (unpaired) electrons. The summed E-state index contributed by atoms with van der Waals surface area (Å²) in [5, 5.41) is 20.9. The lowest BCUT2D eigenvalue weighted by Crippen LogP contribution is -2.41. The molecule has 9 heteroatoms. The van der Waals surface area contributed by atoms with Crippen LogP contribution in [0.4, 0.5) is 0 Å². The fourth-order valence-corrected chi connectivity index (χ4v) is 5.16. The van der Waals surface area contributed by atoms with E-state index in [0.717, 1.165) is 60.9 Å². The normalized spacial score (nSPS) is 24.3. The van der Waals surface area contributed by atoms with Crippen LogP contribution in [0.3, 0.4) is 0 Å². The van der Waals surface area contributed by atoms with Gasteiger partial charge in [-0.05, 0) is 50.9 Å². The number of unbranched alkanes of at least 4 members (excludes halogenated alkanes) is 4. The lowest BCUT2D eigenvalue weighted by molar-refractivity contribution is 0.0876. The van der Waals surface area contributed by atoms with Crippen molar-refractivity contribution in [3.63, 3.8) is 0 Å². The first kappa shape index (κ1) is 25.2. The molecular weight excluding hydrogens is 440 g/mol. The van der Waals surface area contributed by atoms with E-state index in [-0.39, 0.29) is 0 Å². The van der Waals surface area contributed by atoms with Crippen LogP contribution in [0.1, 0.15) is 77.0 Å². The van der Waals surface area contributed by atoms with Gasteiger partial charge >= 0.3 is 0 Å². The number of nitrogens with zero attached hydrogens (tertiary/aromatic N) is 3. The number of fused-ring (bicyclic) bond motifs is 2. The minimum atomic E-state index is 0.375. The third-order valence-electron chi connectivity index (χ3n) is 6.56. The standard InChI is InChI=1S/C23H38N6OS2/c1-2-3-4-9-12-22(31)25-16-23(32)24-15-18-17(19-13-14-20(18)30-19)10-7-5-6-8-11-21-26-28-29-27-21/h5,7,17-20H,2-4,6,8-16H2,1H3,(H,24,32)(H,25,31)(H,26,27,28,29)/b7-5-/t17-,18-,19-,20-/m0/s1. The maximum absolute atomic E-state index is 6.24. The highest BCUT2D eigenvalue weighted by Gasteiger charge is 2.47. The smallest absolute Gasteiger partial charge is 0.174 e. The van der Waals surface area contributed by atoms with Crippen molar-refractivity contribution in [1.29, 1.82) is 0 Å². The van der Waals surface area contributed by atoms with E-state index in [9.17, 15) is 0 Å². The molecule has 4 atom stereocenters. The fraction of sp³-hybridized carbons (Fsp3) is 0.783. The first-order valence-electron chi connectivity index (χ1n) is 12.2. The molecule has 0 spiro atoms. The Labute approximate surface area is 202 Å². The Morgan fingerprint density at radius 1 is 1.06 bits per heavy atom. The Bertz CT molecular complexity index is 726. The molecule has 0 aromatic carbocycles. The number of ether oxygens (including phenoxy) is 1. The summed E-state index contributed by atoms with van der Waals surface area (Å²) < 4.78 is 6.24. The first-order chi connectivity index (χ1) is 15.7. The third-order valence-corrected chi connectivity index (χ3v) is 7.20. The molecule has 3 N–H and O–H groups in total. The van der Waals surface area contributed by atoms with Crippen molar-refractivity contribution in [2.24, 2.45) is 11.8 Å². The molecule has 1 aromatic heterocycles. The monoisotopic (exact) mass is 478 g/mol. The van der Waals surface area contributed by atoms with Gasteiger partial charge in [0.1, 0.15) is 0 Å². The largest absolute Gasteiger partial charge is 0.378 e. The van der Waals surface area contributed by atoms with Gasteiger partial charge in [0, 0.05) is 18.9 Å². The quantitative estimate of drug-likeness (QED) is 0.198. The summed E-state index contributed by atoms with van der Waals surface area (Å²) in [7, 11) is 0. The molecular formula is C23H38N6OS2. The number of aromatic nitrogens is 4. The van der Waals surface area contributed by atoms with Crippen LogP contribution in [-0.2, 0) is 11.2 Å². The van der Waals surface area contributed by atoms with Gasteiger partial charge in [-0.2, -0.15) is 5.21 Å². The predicted molar refractivity (Wildman–Crippen MR) is 136 cm³/mol. The Kier molecular flexibility index (Phi) is 11.0.